The van der Waals surface area contributed by atoms with Crippen molar-refractivity contribution < 1.29 is 28.5 Å². The molecule has 7 nitrogen and oxygen atoms in total. The molecule has 2 saturated heterocycles. The fraction of sp³-hybridized carbons (Fsp3) is 0.600. The molecule has 1 aromatic rings. The molecule has 0 bridgehead atoms. The third-order valence-corrected chi connectivity index (χ3v) is 5.70. The van der Waals surface area contributed by atoms with Crippen molar-refractivity contribution in [3.63, 3.8) is 0 Å². The Kier molecular flexibility index (Phi) is 5.60. The first-order chi connectivity index (χ1) is 12.9. The average Bonchev–Trinajstić information content (AvgIpc) is 3.29. The number of rotatable bonds is 5. The van der Waals surface area contributed by atoms with Crippen LogP contribution in [-0.4, -0.2) is 63.4 Å². The Morgan fingerprint density at radius 1 is 1.26 bits per heavy atom. The fourth-order valence-electron chi connectivity index (χ4n) is 3.88. The molecule has 0 N–H and O–H groups in total. The van der Waals surface area contributed by atoms with E-state index in [9.17, 15) is 9.59 Å². The lowest BCUT2D eigenvalue weighted by Gasteiger charge is -2.28. The minimum Gasteiger partial charge on any atom is -0.493 e. The van der Waals surface area contributed by atoms with E-state index < -0.39 is 11.5 Å². The van der Waals surface area contributed by atoms with Gasteiger partial charge in [0, 0.05) is 25.4 Å². The van der Waals surface area contributed by atoms with Crippen LogP contribution >= 0.6 is 0 Å². The van der Waals surface area contributed by atoms with Crippen molar-refractivity contribution >= 4 is 11.9 Å². The van der Waals surface area contributed by atoms with Crippen LogP contribution in [0.2, 0.25) is 0 Å². The van der Waals surface area contributed by atoms with E-state index in [1.807, 2.05) is 25.1 Å². The molecule has 0 aliphatic carbocycles. The van der Waals surface area contributed by atoms with Crippen molar-refractivity contribution in [1.82, 2.24) is 4.90 Å². The highest BCUT2D eigenvalue weighted by Crippen LogP contribution is 2.45. The summed E-state index contributed by atoms with van der Waals surface area (Å²) in [6, 6.07) is 5.70. The van der Waals surface area contributed by atoms with Crippen molar-refractivity contribution in [3.8, 4) is 11.5 Å². The second kappa shape index (κ2) is 7.76. The Labute approximate surface area is 159 Å². The van der Waals surface area contributed by atoms with E-state index in [0.29, 0.717) is 37.8 Å². The van der Waals surface area contributed by atoms with Gasteiger partial charge in [0.2, 0.25) is 0 Å². The third-order valence-electron chi connectivity index (χ3n) is 5.70. The maximum Gasteiger partial charge on any atom is 0.409 e. The zero-order valence-corrected chi connectivity index (χ0v) is 16.3. The predicted octanol–water partition coefficient (Wildman–Crippen LogP) is 2.62. The highest BCUT2D eigenvalue weighted by atomic mass is 16.6. The monoisotopic (exact) mass is 377 g/mol. The molecule has 0 radical (unpaired) electrons. The number of carbonyl (C=O) groups excluding carboxylic acids is 2. The quantitative estimate of drug-likeness (QED) is 0.785. The van der Waals surface area contributed by atoms with Crippen molar-refractivity contribution in [3.05, 3.63) is 23.8 Å². The van der Waals surface area contributed by atoms with Crippen LogP contribution in [0, 0.1) is 5.41 Å². The Morgan fingerprint density at radius 3 is 2.63 bits per heavy atom. The van der Waals surface area contributed by atoms with Crippen LogP contribution in [0.1, 0.15) is 31.7 Å². The van der Waals surface area contributed by atoms with Crippen molar-refractivity contribution in [2.75, 3.05) is 40.5 Å². The van der Waals surface area contributed by atoms with Gasteiger partial charge >= 0.3 is 6.09 Å². The Hall–Kier alpha value is -2.28. The number of hydrogen-bond acceptors (Lipinski definition) is 6. The zero-order valence-electron chi connectivity index (χ0n) is 16.3. The number of carbonyl (C=O) groups is 2. The first-order valence-electron chi connectivity index (χ1n) is 9.15. The summed E-state index contributed by atoms with van der Waals surface area (Å²) in [5.41, 5.74) is 0.255. The molecule has 1 amide bonds. The summed E-state index contributed by atoms with van der Waals surface area (Å²) in [5.74, 6) is 1.16. The van der Waals surface area contributed by atoms with E-state index >= 15 is 0 Å². The molecule has 0 spiro atoms. The normalized spacial score (nSPS) is 27.5. The van der Waals surface area contributed by atoms with Crippen LogP contribution in [0.4, 0.5) is 4.79 Å². The summed E-state index contributed by atoms with van der Waals surface area (Å²) < 4.78 is 21.8. The zero-order chi connectivity index (χ0) is 19.6. The van der Waals surface area contributed by atoms with E-state index in [4.69, 9.17) is 18.9 Å². The number of hydrogen-bond donors (Lipinski definition) is 0. The highest BCUT2D eigenvalue weighted by Gasteiger charge is 2.49. The third kappa shape index (κ3) is 3.74. The van der Waals surface area contributed by atoms with E-state index in [0.717, 1.165) is 12.0 Å². The van der Waals surface area contributed by atoms with Crippen molar-refractivity contribution in [2.24, 2.45) is 5.41 Å². The van der Waals surface area contributed by atoms with Crippen LogP contribution in [0.3, 0.4) is 0 Å². The number of ether oxygens (including phenoxy) is 4. The summed E-state index contributed by atoms with van der Waals surface area (Å²) in [6.45, 7) is 5.46. The van der Waals surface area contributed by atoms with Crippen LogP contribution in [0.15, 0.2) is 18.2 Å². The molecule has 148 valence electrons. The van der Waals surface area contributed by atoms with Crippen molar-refractivity contribution in [1.29, 1.82) is 0 Å². The number of Topliss-reactive ketones (excluding diaryl/α,β-unsaturated/α-hetero) is 1. The summed E-state index contributed by atoms with van der Waals surface area (Å²) >= 11 is 0. The number of benzene rings is 1. The molecular weight excluding hydrogens is 350 g/mol. The molecule has 7 heteroatoms. The van der Waals surface area contributed by atoms with Gasteiger partial charge in [-0.15, -0.1) is 0 Å². The minimum absolute atomic E-state index is 0.0107. The van der Waals surface area contributed by atoms with Gasteiger partial charge in [0.15, 0.2) is 11.5 Å². The fourth-order valence-corrected chi connectivity index (χ4v) is 3.88. The summed E-state index contributed by atoms with van der Waals surface area (Å²) in [6.07, 6.45) is 0.402. The number of methoxy groups -OCH3 is 2. The summed E-state index contributed by atoms with van der Waals surface area (Å²) in [7, 11) is 2.95. The Morgan fingerprint density at radius 2 is 2.04 bits per heavy atom. The summed E-state index contributed by atoms with van der Waals surface area (Å²) in [4.78, 5) is 26.1. The van der Waals surface area contributed by atoms with Gasteiger partial charge in [-0.25, -0.2) is 4.79 Å². The lowest BCUT2D eigenvalue weighted by atomic mass is 9.73. The molecule has 1 aromatic carbocycles. The Balaban J connectivity index is 1.92. The molecule has 3 atom stereocenters. The van der Waals surface area contributed by atoms with E-state index in [1.165, 1.54) is 7.11 Å². The van der Waals surface area contributed by atoms with E-state index in [1.54, 1.807) is 18.9 Å². The van der Waals surface area contributed by atoms with Gasteiger partial charge in [-0.1, -0.05) is 13.0 Å². The van der Waals surface area contributed by atoms with Crippen molar-refractivity contribution in [2.45, 2.75) is 32.3 Å². The molecule has 3 rings (SSSR count). The first-order valence-corrected chi connectivity index (χ1v) is 9.15. The van der Waals surface area contributed by atoms with Crippen LogP contribution in [0.5, 0.6) is 11.5 Å². The van der Waals surface area contributed by atoms with Crippen LogP contribution in [-0.2, 0) is 14.3 Å². The molecule has 3 unspecified atom stereocenters. The lowest BCUT2D eigenvalue weighted by molar-refractivity contribution is -0.125. The molecule has 2 fully saturated rings. The predicted molar refractivity (Wildman–Crippen MR) is 98.4 cm³/mol. The maximum atomic E-state index is 12.4. The Bertz CT molecular complexity index is 714. The SMILES string of the molecule is COC(=O)N1CC(c2ccc(OC)c(OC3CCOC3)c2)C(C)(C(C)=O)C1. The molecule has 0 saturated carbocycles. The number of ketones is 1. The first kappa shape index (κ1) is 19.5. The van der Waals surface area contributed by atoms with Crippen LogP contribution in [0.25, 0.3) is 0 Å². The number of amides is 1. The van der Waals surface area contributed by atoms with Gasteiger partial charge < -0.3 is 23.8 Å². The lowest BCUT2D eigenvalue weighted by Crippen LogP contribution is -2.35. The minimum atomic E-state index is -0.684. The van der Waals surface area contributed by atoms with Gasteiger partial charge in [0.25, 0.3) is 0 Å². The molecule has 2 heterocycles. The second-order valence-electron chi connectivity index (χ2n) is 7.39. The highest BCUT2D eigenvalue weighted by molar-refractivity contribution is 5.85. The standard InChI is InChI=1S/C20H27NO6/c1-13(22)20(2)12-21(19(23)25-4)10-16(20)14-5-6-17(24-3)18(9-14)27-15-7-8-26-11-15/h5-6,9,15-16H,7-8,10-12H2,1-4H3. The molecule has 0 aromatic heterocycles. The largest absolute Gasteiger partial charge is 0.493 e. The molecule has 2 aliphatic rings. The van der Waals surface area contributed by atoms with Gasteiger partial charge in [-0.3, -0.25) is 4.79 Å². The van der Waals surface area contributed by atoms with Gasteiger partial charge in [-0.05, 0) is 24.6 Å². The smallest absolute Gasteiger partial charge is 0.409 e. The van der Waals surface area contributed by atoms with Gasteiger partial charge in [0.05, 0.1) is 32.8 Å². The molecule has 2 aliphatic heterocycles. The molecular formula is C20H27NO6. The van der Waals surface area contributed by atoms with E-state index in [2.05, 4.69) is 0 Å². The summed E-state index contributed by atoms with van der Waals surface area (Å²) in [5, 5.41) is 0. The number of likely N-dealkylation sites (tertiary alicyclic amines) is 1. The van der Waals surface area contributed by atoms with E-state index in [-0.39, 0.29) is 17.8 Å². The number of nitrogens with zero attached hydrogens (tertiary/aromatic N) is 1. The average molecular weight is 377 g/mol. The van der Waals surface area contributed by atoms with Gasteiger partial charge in [-0.2, -0.15) is 0 Å². The molecule has 27 heavy (non-hydrogen) atoms. The van der Waals surface area contributed by atoms with Crippen LogP contribution < -0.4 is 9.47 Å². The maximum absolute atomic E-state index is 12.4. The topological polar surface area (TPSA) is 74.3 Å². The van der Waals surface area contributed by atoms with Gasteiger partial charge in [0.1, 0.15) is 11.9 Å². The second-order valence-corrected chi connectivity index (χ2v) is 7.39.